The number of amides is 1. The lowest BCUT2D eigenvalue weighted by Gasteiger charge is -2.41. The van der Waals surface area contributed by atoms with Crippen LogP contribution in [-0.2, 0) is 9.59 Å². The summed E-state index contributed by atoms with van der Waals surface area (Å²) in [5.41, 5.74) is 5.70. The molecule has 4 heteroatoms. The Hall–Kier alpha value is -0.900. The Bertz CT molecular complexity index is 318. The molecule has 0 aromatic rings. The van der Waals surface area contributed by atoms with Gasteiger partial charge in [0.15, 0.2) is 0 Å². The van der Waals surface area contributed by atoms with Gasteiger partial charge >= 0.3 is 0 Å². The van der Waals surface area contributed by atoms with E-state index in [0.29, 0.717) is 11.9 Å². The fourth-order valence-electron chi connectivity index (χ4n) is 2.74. The number of nitrogens with two attached hydrogens (primary N) is 1. The minimum Gasteiger partial charge on any atom is -0.339 e. The molecule has 0 spiro atoms. The number of carbonyl (C=O) groups is 2. The second kappa shape index (κ2) is 9.11. The molecule has 1 fully saturated rings. The molecule has 2 N–H and O–H groups in total. The van der Waals surface area contributed by atoms with Crippen LogP contribution in [0.4, 0.5) is 0 Å². The highest BCUT2D eigenvalue weighted by Crippen LogP contribution is 2.25. The normalized spacial score (nSPS) is 19.9. The van der Waals surface area contributed by atoms with Crippen molar-refractivity contribution in [2.24, 2.45) is 5.73 Å². The summed E-state index contributed by atoms with van der Waals surface area (Å²) in [5, 5.41) is 0. The quantitative estimate of drug-likeness (QED) is 0.468. The summed E-state index contributed by atoms with van der Waals surface area (Å²) in [6.45, 7) is 4.59. The first-order chi connectivity index (χ1) is 9.56. The van der Waals surface area contributed by atoms with Gasteiger partial charge in [0.1, 0.15) is 5.78 Å². The SMILES string of the molecule is CCCCCCC1CC(=O)N1CCCCC(N)C(C)=O. The molecule has 2 atom stereocenters. The van der Waals surface area contributed by atoms with E-state index in [0.717, 1.165) is 38.6 Å². The van der Waals surface area contributed by atoms with Crippen molar-refractivity contribution >= 4 is 11.7 Å². The fraction of sp³-hybridized carbons (Fsp3) is 0.875. The number of rotatable bonds is 11. The number of hydrogen-bond donors (Lipinski definition) is 1. The van der Waals surface area contributed by atoms with Gasteiger partial charge in [-0.3, -0.25) is 9.59 Å². The van der Waals surface area contributed by atoms with Crippen LogP contribution in [0.5, 0.6) is 0 Å². The van der Waals surface area contributed by atoms with Gasteiger partial charge < -0.3 is 10.6 Å². The summed E-state index contributed by atoms with van der Waals surface area (Å²) < 4.78 is 0. The van der Waals surface area contributed by atoms with E-state index < -0.39 is 0 Å². The lowest BCUT2D eigenvalue weighted by Crippen LogP contribution is -2.52. The number of carbonyl (C=O) groups excluding carboxylic acids is 2. The van der Waals surface area contributed by atoms with Gasteiger partial charge in [0.2, 0.25) is 5.91 Å². The van der Waals surface area contributed by atoms with Crippen molar-refractivity contribution in [3.8, 4) is 0 Å². The van der Waals surface area contributed by atoms with Crippen LogP contribution >= 0.6 is 0 Å². The number of hydrogen-bond acceptors (Lipinski definition) is 3. The number of β-lactam (4-membered cyclic amide) rings is 1. The third-order valence-electron chi connectivity index (χ3n) is 4.25. The van der Waals surface area contributed by atoms with E-state index in [2.05, 4.69) is 6.92 Å². The van der Waals surface area contributed by atoms with E-state index >= 15 is 0 Å². The molecule has 1 heterocycles. The lowest BCUT2D eigenvalue weighted by molar-refractivity contribution is -0.146. The Morgan fingerprint density at radius 3 is 2.65 bits per heavy atom. The summed E-state index contributed by atoms with van der Waals surface area (Å²) >= 11 is 0. The first-order valence-electron chi connectivity index (χ1n) is 8.11. The molecule has 0 aromatic carbocycles. The van der Waals surface area contributed by atoms with Gasteiger partial charge in [0.25, 0.3) is 0 Å². The van der Waals surface area contributed by atoms with Crippen molar-refractivity contribution in [2.75, 3.05) is 6.54 Å². The summed E-state index contributed by atoms with van der Waals surface area (Å²) in [5.74, 6) is 0.347. The first kappa shape index (κ1) is 17.2. The molecule has 1 aliphatic rings. The number of likely N-dealkylation sites (tertiary alicyclic amines) is 1. The van der Waals surface area contributed by atoms with E-state index in [1.165, 1.54) is 32.6 Å². The number of nitrogens with zero attached hydrogens (tertiary/aromatic N) is 1. The summed E-state index contributed by atoms with van der Waals surface area (Å²) in [4.78, 5) is 24.7. The minimum atomic E-state index is -0.327. The Labute approximate surface area is 123 Å². The van der Waals surface area contributed by atoms with Crippen molar-refractivity contribution in [3.05, 3.63) is 0 Å². The smallest absolute Gasteiger partial charge is 0.224 e. The number of Topliss-reactive ketones (excluding diaryl/α,β-unsaturated/α-hetero) is 1. The predicted molar refractivity (Wildman–Crippen MR) is 81.4 cm³/mol. The average molecular weight is 282 g/mol. The third-order valence-corrected chi connectivity index (χ3v) is 4.25. The van der Waals surface area contributed by atoms with Crippen molar-refractivity contribution in [1.29, 1.82) is 0 Å². The summed E-state index contributed by atoms with van der Waals surface area (Å²) in [7, 11) is 0. The highest BCUT2D eigenvalue weighted by atomic mass is 16.2. The number of ketones is 1. The van der Waals surface area contributed by atoms with E-state index in [-0.39, 0.29) is 11.8 Å². The standard InChI is InChI=1S/C16H30N2O2/c1-3-4-5-6-9-14-12-16(20)18(14)11-8-7-10-15(17)13(2)19/h14-15H,3-12,17H2,1-2H3. The van der Waals surface area contributed by atoms with Gasteiger partial charge in [-0.1, -0.05) is 32.6 Å². The van der Waals surface area contributed by atoms with Crippen LogP contribution in [0.15, 0.2) is 0 Å². The monoisotopic (exact) mass is 282 g/mol. The van der Waals surface area contributed by atoms with Gasteiger partial charge in [-0.15, -0.1) is 0 Å². The van der Waals surface area contributed by atoms with E-state index in [9.17, 15) is 9.59 Å². The van der Waals surface area contributed by atoms with Crippen LogP contribution in [0, 0.1) is 0 Å². The maximum Gasteiger partial charge on any atom is 0.224 e. The maximum atomic E-state index is 11.6. The Morgan fingerprint density at radius 2 is 2.05 bits per heavy atom. The van der Waals surface area contributed by atoms with Crippen molar-refractivity contribution in [3.63, 3.8) is 0 Å². The molecule has 1 amide bonds. The topological polar surface area (TPSA) is 63.4 Å². The third kappa shape index (κ3) is 5.61. The molecule has 1 saturated heterocycles. The van der Waals surface area contributed by atoms with Gasteiger partial charge in [0, 0.05) is 19.0 Å². The molecule has 0 radical (unpaired) electrons. The molecule has 0 aliphatic carbocycles. The molecule has 0 saturated carbocycles. The van der Waals surface area contributed by atoms with E-state index in [1.54, 1.807) is 0 Å². The molecule has 0 aromatic heterocycles. The fourth-order valence-corrected chi connectivity index (χ4v) is 2.74. The van der Waals surface area contributed by atoms with Crippen molar-refractivity contribution < 1.29 is 9.59 Å². The van der Waals surface area contributed by atoms with Crippen LogP contribution in [0.2, 0.25) is 0 Å². The molecular weight excluding hydrogens is 252 g/mol. The lowest BCUT2D eigenvalue weighted by atomic mass is 9.95. The zero-order valence-corrected chi connectivity index (χ0v) is 13.1. The van der Waals surface area contributed by atoms with Crippen molar-refractivity contribution in [2.45, 2.75) is 83.7 Å². The summed E-state index contributed by atoms with van der Waals surface area (Å²) in [6.07, 6.45) is 9.56. The van der Waals surface area contributed by atoms with Crippen LogP contribution in [0.25, 0.3) is 0 Å². The predicted octanol–water partition coefficient (Wildman–Crippen LogP) is 2.64. The van der Waals surface area contributed by atoms with Gasteiger partial charge in [-0.05, 0) is 32.6 Å². The first-order valence-corrected chi connectivity index (χ1v) is 8.11. The zero-order chi connectivity index (χ0) is 15.0. The Kier molecular flexibility index (Phi) is 7.82. The Morgan fingerprint density at radius 1 is 1.30 bits per heavy atom. The van der Waals surface area contributed by atoms with Gasteiger partial charge in [-0.25, -0.2) is 0 Å². The summed E-state index contributed by atoms with van der Waals surface area (Å²) in [6, 6.07) is 0.146. The van der Waals surface area contributed by atoms with E-state index in [1.807, 2.05) is 4.90 Å². The van der Waals surface area contributed by atoms with Gasteiger partial charge in [0.05, 0.1) is 6.04 Å². The zero-order valence-electron chi connectivity index (χ0n) is 13.1. The Balaban J connectivity index is 2.11. The molecule has 1 rings (SSSR count). The minimum absolute atomic E-state index is 0.0545. The van der Waals surface area contributed by atoms with Crippen LogP contribution in [0.1, 0.15) is 71.6 Å². The average Bonchev–Trinajstić information content (AvgIpc) is 2.41. The highest BCUT2D eigenvalue weighted by Gasteiger charge is 2.34. The van der Waals surface area contributed by atoms with Crippen LogP contribution in [-0.4, -0.2) is 35.2 Å². The maximum absolute atomic E-state index is 11.6. The van der Waals surface area contributed by atoms with Crippen LogP contribution < -0.4 is 5.73 Å². The molecule has 1 aliphatic heterocycles. The second-order valence-electron chi connectivity index (χ2n) is 6.01. The molecule has 20 heavy (non-hydrogen) atoms. The highest BCUT2D eigenvalue weighted by molar-refractivity contribution is 5.83. The van der Waals surface area contributed by atoms with E-state index in [4.69, 9.17) is 5.73 Å². The molecule has 0 bridgehead atoms. The molecule has 116 valence electrons. The van der Waals surface area contributed by atoms with Crippen molar-refractivity contribution in [1.82, 2.24) is 4.90 Å². The largest absolute Gasteiger partial charge is 0.339 e. The van der Waals surface area contributed by atoms with Gasteiger partial charge in [-0.2, -0.15) is 0 Å². The van der Waals surface area contributed by atoms with Crippen LogP contribution in [0.3, 0.4) is 0 Å². The molecular formula is C16H30N2O2. The molecule has 2 unspecified atom stereocenters. The number of unbranched alkanes of at least 4 members (excludes halogenated alkanes) is 4. The molecule has 4 nitrogen and oxygen atoms in total. The second-order valence-corrected chi connectivity index (χ2v) is 6.01.